The molecule has 0 aliphatic carbocycles. The predicted octanol–water partition coefficient (Wildman–Crippen LogP) is 0.301. The molecule has 0 bridgehead atoms. The zero-order chi connectivity index (χ0) is 18.4. The first-order chi connectivity index (χ1) is 12.0. The molecule has 1 aliphatic heterocycles. The van der Waals surface area contributed by atoms with Crippen LogP contribution >= 0.6 is 0 Å². The highest BCUT2D eigenvalue weighted by atomic mass is 16.6. The van der Waals surface area contributed by atoms with Crippen LogP contribution in [0.25, 0.3) is 0 Å². The molecule has 25 heavy (non-hydrogen) atoms. The van der Waals surface area contributed by atoms with E-state index in [1.54, 1.807) is 0 Å². The van der Waals surface area contributed by atoms with E-state index < -0.39 is 23.9 Å². The van der Waals surface area contributed by atoms with E-state index >= 15 is 0 Å². The molecule has 9 nitrogen and oxygen atoms in total. The molecule has 0 aromatic heterocycles. The number of benzene rings is 1. The summed E-state index contributed by atoms with van der Waals surface area (Å²) in [6, 6.07) is 2.91. The molecular weight excluding hydrogens is 334 g/mol. The maximum Gasteiger partial charge on any atom is 0.347 e. The third-order valence-corrected chi connectivity index (χ3v) is 3.48. The average Bonchev–Trinajstić information content (AvgIpc) is 3.02. The van der Waals surface area contributed by atoms with Gasteiger partial charge in [-0.25, -0.2) is 4.79 Å². The van der Waals surface area contributed by atoms with Crippen molar-refractivity contribution >= 4 is 17.8 Å². The Kier molecular flexibility index (Phi) is 6.04. The molecule has 1 aromatic rings. The zero-order valence-electron chi connectivity index (χ0n) is 14.1. The minimum Gasteiger partial charge on any atom is -0.493 e. The lowest BCUT2D eigenvalue weighted by Gasteiger charge is -2.14. The van der Waals surface area contributed by atoms with Crippen molar-refractivity contribution in [3.63, 3.8) is 0 Å². The summed E-state index contributed by atoms with van der Waals surface area (Å²) in [5, 5.41) is 2.41. The summed E-state index contributed by atoms with van der Waals surface area (Å²) in [6.07, 6.45) is -0.601. The Morgan fingerprint density at radius 1 is 1.16 bits per heavy atom. The van der Waals surface area contributed by atoms with Gasteiger partial charge in [-0.1, -0.05) is 0 Å². The molecule has 9 heteroatoms. The number of hydrogen-bond donors (Lipinski definition) is 1. The third kappa shape index (κ3) is 4.31. The smallest absolute Gasteiger partial charge is 0.347 e. The normalized spacial score (nSPS) is 16.0. The Hall–Kier alpha value is -2.97. The summed E-state index contributed by atoms with van der Waals surface area (Å²) >= 11 is 0. The fourth-order valence-corrected chi connectivity index (χ4v) is 2.25. The van der Waals surface area contributed by atoms with Crippen molar-refractivity contribution in [3.8, 4) is 17.2 Å². The summed E-state index contributed by atoms with van der Waals surface area (Å²) in [4.78, 5) is 35.2. The minimum absolute atomic E-state index is 0.211. The van der Waals surface area contributed by atoms with Crippen LogP contribution in [0.3, 0.4) is 0 Å². The average molecular weight is 353 g/mol. The standard InChI is InChI=1S/C16H19NO8/c1-21-11-6-9(7-12(22-2)14(11)23-3)15(19)17-8-13(18)25-10-4-5-24-16(10)20/h6-7,10H,4-5,8H2,1-3H3,(H,17,19)/t10-/m1/s1. The first kappa shape index (κ1) is 18.4. The minimum atomic E-state index is -0.912. The van der Waals surface area contributed by atoms with Gasteiger partial charge in [0.1, 0.15) is 6.54 Å². The summed E-state index contributed by atoms with van der Waals surface area (Å²) in [5.74, 6) is -0.883. The van der Waals surface area contributed by atoms with Crippen molar-refractivity contribution in [3.05, 3.63) is 17.7 Å². The maximum atomic E-state index is 12.2. The van der Waals surface area contributed by atoms with Crippen molar-refractivity contribution in [1.82, 2.24) is 5.32 Å². The van der Waals surface area contributed by atoms with Gasteiger partial charge in [-0.15, -0.1) is 0 Å². The molecule has 0 spiro atoms. The molecule has 1 heterocycles. The van der Waals surface area contributed by atoms with Gasteiger partial charge in [-0.2, -0.15) is 0 Å². The van der Waals surface area contributed by atoms with Crippen LogP contribution in [-0.4, -0.2) is 58.4 Å². The van der Waals surface area contributed by atoms with Gasteiger partial charge in [-0.3, -0.25) is 9.59 Å². The molecule has 136 valence electrons. The highest BCUT2D eigenvalue weighted by Gasteiger charge is 2.30. The van der Waals surface area contributed by atoms with Gasteiger partial charge in [0.2, 0.25) is 11.9 Å². The van der Waals surface area contributed by atoms with Crippen LogP contribution in [0.2, 0.25) is 0 Å². The Morgan fingerprint density at radius 2 is 1.80 bits per heavy atom. The lowest BCUT2D eigenvalue weighted by atomic mass is 10.1. The van der Waals surface area contributed by atoms with Gasteiger partial charge in [-0.05, 0) is 12.1 Å². The Labute approximate surface area is 144 Å². The number of amides is 1. The second kappa shape index (κ2) is 8.22. The first-order valence-electron chi connectivity index (χ1n) is 7.44. The SMILES string of the molecule is COc1cc(C(=O)NCC(=O)O[C@@H]2CCOC2=O)cc(OC)c1OC. The van der Waals surface area contributed by atoms with Gasteiger partial charge in [0.25, 0.3) is 5.91 Å². The van der Waals surface area contributed by atoms with Crippen molar-refractivity contribution < 1.29 is 38.1 Å². The molecule has 0 radical (unpaired) electrons. The second-order valence-electron chi connectivity index (χ2n) is 5.03. The molecule has 1 saturated heterocycles. The van der Waals surface area contributed by atoms with Crippen LogP contribution in [0.15, 0.2) is 12.1 Å². The Morgan fingerprint density at radius 3 is 2.28 bits per heavy atom. The summed E-state index contributed by atoms with van der Waals surface area (Å²) in [7, 11) is 4.30. The van der Waals surface area contributed by atoms with E-state index in [1.807, 2.05) is 0 Å². The monoisotopic (exact) mass is 353 g/mol. The van der Waals surface area contributed by atoms with Crippen molar-refractivity contribution in [1.29, 1.82) is 0 Å². The summed E-state index contributed by atoms with van der Waals surface area (Å²) in [5.41, 5.74) is 0.211. The fourth-order valence-electron chi connectivity index (χ4n) is 2.25. The van der Waals surface area contributed by atoms with Gasteiger partial charge in [0.15, 0.2) is 11.5 Å². The largest absolute Gasteiger partial charge is 0.493 e. The molecule has 1 amide bonds. The number of methoxy groups -OCH3 is 3. The van der Waals surface area contributed by atoms with E-state index in [1.165, 1.54) is 33.5 Å². The molecule has 1 aromatic carbocycles. The number of carbonyl (C=O) groups excluding carboxylic acids is 3. The quantitative estimate of drug-likeness (QED) is 0.697. The number of hydrogen-bond acceptors (Lipinski definition) is 8. The maximum absolute atomic E-state index is 12.2. The van der Waals surface area contributed by atoms with Gasteiger partial charge in [0.05, 0.1) is 27.9 Å². The van der Waals surface area contributed by atoms with Crippen LogP contribution in [0.1, 0.15) is 16.8 Å². The first-order valence-corrected chi connectivity index (χ1v) is 7.44. The molecule has 0 saturated carbocycles. The molecule has 1 atom stereocenters. The Bertz CT molecular complexity index is 647. The van der Waals surface area contributed by atoms with Crippen LogP contribution < -0.4 is 19.5 Å². The number of carbonyl (C=O) groups is 3. The molecule has 0 unspecified atom stereocenters. The number of esters is 2. The van der Waals surface area contributed by atoms with E-state index in [2.05, 4.69) is 5.32 Å². The molecule has 2 rings (SSSR count). The number of ether oxygens (including phenoxy) is 5. The molecule has 1 aliphatic rings. The predicted molar refractivity (Wildman–Crippen MR) is 83.9 cm³/mol. The van der Waals surface area contributed by atoms with Gasteiger partial charge in [0, 0.05) is 12.0 Å². The lowest BCUT2D eigenvalue weighted by Crippen LogP contribution is -2.33. The molecule has 1 N–H and O–H groups in total. The van der Waals surface area contributed by atoms with Crippen molar-refractivity contribution in [2.45, 2.75) is 12.5 Å². The van der Waals surface area contributed by atoms with Crippen LogP contribution in [0.5, 0.6) is 17.2 Å². The summed E-state index contributed by atoms with van der Waals surface area (Å²) in [6.45, 7) is -0.173. The molecular formula is C16H19NO8. The fraction of sp³-hybridized carbons (Fsp3) is 0.438. The zero-order valence-corrected chi connectivity index (χ0v) is 14.1. The second-order valence-corrected chi connectivity index (χ2v) is 5.03. The molecule has 1 fully saturated rings. The van der Waals surface area contributed by atoms with Crippen LogP contribution in [0, 0.1) is 0 Å². The third-order valence-electron chi connectivity index (χ3n) is 3.48. The van der Waals surface area contributed by atoms with Gasteiger partial charge < -0.3 is 29.0 Å². The number of cyclic esters (lactones) is 1. The Balaban J connectivity index is 2.00. The van der Waals surface area contributed by atoms with E-state index in [4.69, 9.17) is 23.7 Å². The van der Waals surface area contributed by atoms with Crippen LogP contribution in [-0.2, 0) is 19.1 Å². The van der Waals surface area contributed by atoms with E-state index in [9.17, 15) is 14.4 Å². The highest BCUT2D eigenvalue weighted by Crippen LogP contribution is 2.38. The van der Waals surface area contributed by atoms with E-state index in [0.29, 0.717) is 23.7 Å². The highest BCUT2D eigenvalue weighted by molar-refractivity contribution is 5.97. The topological polar surface area (TPSA) is 109 Å². The summed E-state index contributed by atoms with van der Waals surface area (Å²) < 4.78 is 25.1. The van der Waals surface area contributed by atoms with Gasteiger partial charge >= 0.3 is 11.9 Å². The van der Waals surface area contributed by atoms with E-state index in [-0.39, 0.29) is 18.7 Å². The van der Waals surface area contributed by atoms with Crippen molar-refractivity contribution in [2.75, 3.05) is 34.5 Å². The van der Waals surface area contributed by atoms with Crippen LogP contribution in [0.4, 0.5) is 0 Å². The van der Waals surface area contributed by atoms with Crippen molar-refractivity contribution in [2.24, 2.45) is 0 Å². The number of rotatable bonds is 7. The lowest BCUT2D eigenvalue weighted by molar-refractivity contribution is -0.159. The van der Waals surface area contributed by atoms with E-state index in [0.717, 1.165) is 0 Å². The number of nitrogens with one attached hydrogen (secondary N) is 1.